The van der Waals surface area contributed by atoms with Crippen LogP contribution in [0.1, 0.15) is 27.7 Å². The van der Waals surface area contributed by atoms with E-state index in [0.29, 0.717) is 7.69 Å². The third-order valence-electron chi connectivity index (χ3n) is 2.36. The molecule has 9 heavy (non-hydrogen) atoms. The van der Waals surface area contributed by atoms with Crippen molar-refractivity contribution in [3.63, 3.8) is 0 Å². The summed E-state index contributed by atoms with van der Waals surface area (Å²) < 4.78 is 9.69. The minimum absolute atomic E-state index is 0.00694. The summed E-state index contributed by atoms with van der Waals surface area (Å²) in [4.78, 5) is 0. The average Bonchev–Trinajstić information content (AvgIpc) is 1.81. The van der Waals surface area contributed by atoms with Gasteiger partial charge in [0.1, 0.15) is 5.60 Å². The normalized spacial score (nSPS) is 29.8. The van der Waals surface area contributed by atoms with Crippen molar-refractivity contribution in [1.29, 1.82) is 0 Å². The van der Waals surface area contributed by atoms with Gasteiger partial charge < -0.3 is 9.31 Å². The molecule has 1 N–H and O–H groups in total. The van der Waals surface area contributed by atoms with E-state index < -0.39 is 0 Å². The van der Waals surface area contributed by atoms with Gasteiger partial charge in [-0.05, 0) is 13.8 Å². The summed E-state index contributed by atoms with van der Waals surface area (Å²) in [5.74, 6) is 0. The van der Waals surface area contributed by atoms with Crippen molar-refractivity contribution >= 4 is 7.69 Å². The van der Waals surface area contributed by atoms with Crippen LogP contribution in [0.25, 0.3) is 0 Å². The Kier molecular flexibility index (Phi) is 1.37. The van der Waals surface area contributed by atoms with Crippen LogP contribution in [0.5, 0.6) is 0 Å². The fraction of sp³-hybridized carbons (Fsp3) is 1.00. The highest BCUT2D eigenvalue weighted by atomic mass is 16.7. The van der Waals surface area contributed by atoms with E-state index in [1.165, 1.54) is 0 Å². The SMILES string of the molecule is CC1(C)OB[OH+]C1(C)C. The molecule has 0 spiro atoms. The maximum atomic E-state index is 5.39. The van der Waals surface area contributed by atoms with Crippen LogP contribution in [0.4, 0.5) is 0 Å². The Bertz CT molecular complexity index is 106. The van der Waals surface area contributed by atoms with Crippen LogP contribution < -0.4 is 0 Å². The van der Waals surface area contributed by atoms with Gasteiger partial charge in [0.15, 0.2) is 5.60 Å². The maximum Gasteiger partial charge on any atom is 0.678 e. The molecule has 0 bridgehead atoms. The van der Waals surface area contributed by atoms with E-state index >= 15 is 0 Å². The van der Waals surface area contributed by atoms with Crippen LogP contribution >= 0.6 is 0 Å². The zero-order chi connectivity index (χ0) is 7.12. The molecule has 0 aromatic rings. The molecule has 1 aliphatic rings. The first kappa shape index (κ1) is 7.10. The first-order valence-electron chi connectivity index (χ1n) is 3.28. The molecule has 1 saturated heterocycles. The number of rotatable bonds is 0. The molecule has 1 rings (SSSR count). The second-order valence-electron chi connectivity index (χ2n) is 3.50. The zero-order valence-electron chi connectivity index (χ0n) is 6.56. The summed E-state index contributed by atoms with van der Waals surface area (Å²) in [5.41, 5.74) is -0.0833. The minimum Gasteiger partial charge on any atom is -0.512 e. The Hall–Kier alpha value is -0.0151. The second-order valence-corrected chi connectivity index (χ2v) is 3.50. The molecule has 2 nitrogen and oxygen atoms in total. The van der Waals surface area contributed by atoms with E-state index in [-0.39, 0.29) is 11.2 Å². The van der Waals surface area contributed by atoms with Crippen molar-refractivity contribution in [3.8, 4) is 0 Å². The molecule has 0 unspecified atom stereocenters. The van der Waals surface area contributed by atoms with Gasteiger partial charge in [-0.15, -0.1) is 0 Å². The van der Waals surface area contributed by atoms with Crippen molar-refractivity contribution in [3.05, 3.63) is 0 Å². The summed E-state index contributed by atoms with van der Waals surface area (Å²) in [7, 11) is 0.556. The van der Waals surface area contributed by atoms with Crippen molar-refractivity contribution < 1.29 is 9.31 Å². The fourth-order valence-corrected chi connectivity index (χ4v) is 0.722. The molecule has 3 heteroatoms. The van der Waals surface area contributed by atoms with E-state index in [9.17, 15) is 0 Å². The van der Waals surface area contributed by atoms with Crippen LogP contribution in [0.15, 0.2) is 0 Å². The molecule has 1 heterocycles. The van der Waals surface area contributed by atoms with Crippen molar-refractivity contribution in [1.82, 2.24) is 0 Å². The van der Waals surface area contributed by atoms with Gasteiger partial charge >= 0.3 is 7.69 Å². The monoisotopic (exact) mass is 129 g/mol. The third kappa shape index (κ3) is 0.991. The van der Waals surface area contributed by atoms with E-state index in [1.807, 2.05) is 0 Å². The van der Waals surface area contributed by atoms with Gasteiger partial charge in [-0.25, -0.2) is 0 Å². The molecule has 0 saturated carbocycles. The van der Waals surface area contributed by atoms with Gasteiger partial charge in [0, 0.05) is 13.8 Å². The van der Waals surface area contributed by atoms with Crippen LogP contribution in [-0.4, -0.2) is 23.5 Å². The highest BCUT2D eigenvalue weighted by Crippen LogP contribution is 2.31. The molecule has 0 aromatic heterocycles. The Labute approximate surface area is 56.8 Å². The van der Waals surface area contributed by atoms with E-state index in [2.05, 4.69) is 32.3 Å². The Balaban J connectivity index is 2.75. The van der Waals surface area contributed by atoms with Gasteiger partial charge in [-0.2, -0.15) is 0 Å². The lowest BCUT2D eigenvalue weighted by Crippen LogP contribution is -2.43. The largest absolute Gasteiger partial charge is 0.678 e. The molecule has 0 aromatic carbocycles. The number of hydrogen-bond acceptors (Lipinski definition) is 1. The summed E-state index contributed by atoms with van der Waals surface area (Å²) in [6, 6.07) is 0. The van der Waals surface area contributed by atoms with E-state index in [4.69, 9.17) is 4.65 Å². The lowest BCUT2D eigenvalue weighted by atomic mass is 9.90. The summed E-state index contributed by atoms with van der Waals surface area (Å²) in [5, 5.41) is 0. The molecule has 52 valence electrons. The van der Waals surface area contributed by atoms with Crippen molar-refractivity contribution in [2.45, 2.75) is 38.9 Å². The Morgan fingerprint density at radius 2 is 1.78 bits per heavy atom. The lowest BCUT2D eigenvalue weighted by molar-refractivity contribution is -0.0695. The van der Waals surface area contributed by atoms with Crippen LogP contribution in [-0.2, 0) is 4.65 Å². The standard InChI is InChI=1S/C6H13BO2/c1-5(2)6(3,4)9-7-8-5/h7H,1-4H3/p+1. The van der Waals surface area contributed by atoms with E-state index in [0.717, 1.165) is 0 Å². The minimum atomic E-state index is -0.0764. The highest BCUT2D eigenvalue weighted by Gasteiger charge is 2.50. The van der Waals surface area contributed by atoms with Gasteiger partial charge in [0.25, 0.3) is 0 Å². The van der Waals surface area contributed by atoms with Crippen LogP contribution in [0, 0.1) is 0 Å². The molecular weight excluding hydrogens is 115 g/mol. The first-order valence-corrected chi connectivity index (χ1v) is 3.28. The molecule has 0 atom stereocenters. The van der Waals surface area contributed by atoms with Crippen LogP contribution in [0.3, 0.4) is 0 Å². The Morgan fingerprint density at radius 1 is 1.22 bits per heavy atom. The average molecular weight is 129 g/mol. The van der Waals surface area contributed by atoms with E-state index in [1.54, 1.807) is 0 Å². The van der Waals surface area contributed by atoms with Gasteiger partial charge in [-0.1, -0.05) is 0 Å². The van der Waals surface area contributed by atoms with Gasteiger partial charge in [0.2, 0.25) is 0 Å². The highest BCUT2D eigenvalue weighted by molar-refractivity contribution is 6.18. The maximum absolute atomic E-state index is 5.39. The summed E-state index contributed by atoms with van der Waals surface area (Å²) in [6.45, 7) is 8.34. The second kappa shape index (κ2) is 1.73. The number of hydrogen-bond donors (Lipinski definition) is 0. The first-order chi connectivity index (χ1) is 3.96. The summed E-state index contributed by atoms with van der Waals surface area (Å²) >= 11 is 0. The van der Waals surface area contributed by atoms with Crippen LogP contribution in [0.2, 0.25) is 0 Å². The number of aliphatic hydroxyl groups is 1. The van der Waals surface area contributed by atoms with Gasteiger partial charge in [0.05, 0.1) is 0 Å². The predicted octanol–water partition coefficient (Wildman–Crippen LogP) is 0.368. The lowest BCUT2D eigenvalue weighted by Gasteiger charge is -2.28. The topological polar surface area (TPSA) is 22.0 Å². The summed E-state index contributed by atoms with van der Waals surface area (Å²) in [6.07, 6.45) is 0. The smallest absolute Gasteiger partial charge is 0.512 e. The molecular formula is C6H14BO2+. The molecule has 0 radical (unpaired) electrons. The van der Waals surface area contributed by atoms with Gasteiger partial charge in [-0.3, -0.25) is 0 Å². The van der Waals surface area contributed by atoms with Crippen molar-refractivity contribution in [2.75, 3.05) is 0 Å². The molecule has 0 amide bonds. The Morgan fingerprint density at radius 3 is 1.89 bits per heavy atom. The third-order valence-corrected chi connectivity index (χ3v) is 2.36. The van der Waals surface area contributed by atoms with Crippen molar-refractivity contribution in [2.24, 2.45) is 0 Å². The molecule has 1 aliphatic heterocycles. The fourth-order valence-electron chi connectivity index (χ4n) is 0.722. The quantitative estimate of drug-likeness (QED) is 0.342. The zero-order valence-corrected chi connectivity index (χ0v) is 6.56. The molecule has 0 aliphatic carbocycles. The predicted molar refractivity (Wildman–Crippen MR) is 38.6 cm³/mol. The molecule has 1 fully saturated rings.